The molecule has 24 heavy (non-hydrogen) atoms. The molecule has 1 saturated carbocycles. The summed E-state index contributed by atoms with van der Waals surface area (Å²) in [6.07, 6.45) is 1.87. The molecule has 1 aromatic carbocycles. The van der Waals surface area contributed by atoms with Gasteiger partial charge in [-0.1, -0.05) is 6.07 Å². The molecule has 1 fully saturated rings. The molecule has 1 aromatic rings. The number of anilines is 1. The van der Waals surface area contributed by atoms with Gasteiger partial charge < -0.3 is 15.7 Å². The number of rotatable bonds is 5. The zero-order valence-corrected chi connectivity index (χ0v) is 13.4. The summed E-state index contributed by atoms with van der Waals surface area (Å²) in [6.45, 7) is 1.35. The van der Waals surface area contributed by atoms with E-state index in [4.69, 9.17) is 0 Å². The predicted octanol–water partition coefficient (Wildman–Crippen LogP) is 1.59. The highest BCUT2D eigenvalue weighted by Gasteiger charge is 2.33. The van der Waals surface area contributed by atoms with Crippen molar-refractivity contribution in [3.05, 3.63) is 29.8 Å². The highest BCUT2D eigenvalue weighted by molar-refractivity contribution is 5.98. The van der Waals surface area contributed by atoms with Crippen LogP contribution >= 0.6 is 0 Å². The number of carboxylic acid groups (broad SMARTS) is 1. The lowest BCUT2D eigenvalue weighted by Crippen LogP contribution is -2.47. The molecule has 0 heterocycles. The first-order valence-corrected chi connectivity index (χ1v) is 7.80. The van der Waals surface area contributed by atoms with Gasteiger partial charge in [-0.15, -0.1) is 0 Å². The smallest absolute Gasteiger partial charge is 0.326 e. The Hall–Kier alpha value is -2.70. The van der Waals surface area contributed by atoms with Crippen LogP contribution in [0.5, 0.6) is 0 Å². The molecule has 0 bridgehead atoms. The number of amides is 2. The Kier molecular flexibility index (Phi) is 5.68. The minimum atomic E-state index is -1.15. The largest absolute Gasteiger partial charge is 0.480 e. The molecule has 2 rings (SSSR count). The van der Waals surface area contributed by atoms with Crippen LogP contribution in [-0.2, 0) is 14.4 Å². The van der Waals surface area contributed by atoms with E-state index < -0.39 is 23.8 Å². The number of Topliss-reactive ketones (excluding diaryl/α,β-unsaturated/α-hetero) is 1. The third kappa shape index (κ3) is 4.65. The van der Waals surface area contributed by atoms with Crippen LogP contribution in [0.2, 0.25) is 0 Å². The molecule has 7 heteroatoms. The van der Waals surface area contributed by atoms with E-state index in [1.165, 1.54) is 19.1 Å². The van der Waals surface area contributed by atoms with Crippen LogP contribution in [0.3, 0.4) is 0 Å². The Balaban J connectivity index is 2.11. The normalized spacial score (nSPS) is 18.5. The lowest BCUT2D eigenvalue weighted by molar-refractivity contribution is -0.141. The standard InChI is InChI=1S/C17H20N2O5/c1-10(20)18-13-6-2-5-12(8-13)16(22)19-15(17(23)24)11-4-3-7-14(21)9-11/h2,5-6,8,11,15H,3-4,7,9H2,1H3,(H,18,20)(H,19,22)(H,23,24)/t11-,15-/m0/s1. The molecular weight excluding hydrogens is 312 g/mol. The summed E-state index contributed by atoms with van der Waals surface area (Å²) >= 11 is 0. The Morgan fingerprint density at radius 3 is 2.67 bits per heavy atom. The zero-order chi connectivity index (χ0) is 17.7. The van der Waals surface area contributed by atoms with Gasteiger partial charge in [0.2, 0.25) is 5.91 Å². The molecule has 2 atom stereocenters. The zero-order valence-electron chi connectivity index (χ0n) is 13.4. The van der Waals surface area contributed by atoms with Crippen molar-refractivity contribution in [3.63, 3.8) is 0 Å². The van der Waals surface area contributed by atoms with Gasteiger partial charge in [0, 0.05) is 31.0 Å². The topological polar surface area (TPSA) is 113 Å². The molecule has 128 valence electrons. The van der Waals surface area contributed by atoms with Gasteiger partial charge in [-0.2, -0.15) is 0 Å². The van der Waals surface area contributed by atoms with Crippen molar-refractivity contribution in [2.45, 2.75) is 38.6 Å². The second-order valence-electron chi connectivity index (χ2n) is 5.95. The Bertz CT molecular complexity index is 671. The van der Waals surface area contributed by atoms with Gasteiger partial charge in [0.05, 0.1) is 0 Å². The Labute approximate surface area is 139 Å². The SMILES string of the molecule is CC(=O)Nc1cccc(C(=O)N[C@H](C(=O)O)[C@H]2CCCC(=O)C2)c1. The summed E-state index contributed by atoms with van der Waals surface area (Å²) in [5, 5.41) is 14.5. The van der Waals surface area contributed by atoms with Crippen LogP contribution in [0.1, 0.15) is 43.0 Å². The van der Waals surface area contributed by atoms with Gasteiger partial charge in [0.15, 0.2) is 0 Å². The van der Waals surface area contributed by atoms with E-state index in [0.717, 1.165) is 0 Å². The fourth-order valence-electron chi connectivity index (χ4n) is 2.89. The lowest BCUT2D eigenvalue weighted by Gasteiger charge is -2.27. The first kappa shape index (κ1) is 17.7. The van der Waals surface area contributed by atoms with Crippen LogP contribution in [0.4, 0.5) is 5.69 Å². The number of carboxylic acids is 1. The van der Waals surface area contributed by atoms with E-state index in [1.807, 2.05) is 0 Å². The van der Waals surface area contributed by atoms with Gasteiger partial charge in [-0.25, -0.2) is 4.79 Å². The molecule has 1 aliphatic rings. The number of ketones is 1. The van der Waals surface area contributed by atoms with E-state index in [-0.39, 0.29) is 23.7 Å². The van der Waals surface area contributed by atoms with Gasteiger partial charge in [-0.3, -0.25) is 14.4 Å². The minimum Gasteiger partial charge on any atom is -0.480 e. The van der Waals surface area contributed by atoms with Crippen LogP contribution < -0.4 is 10.6 Å². The number of hydrogen-bond donors (Lipinski definition) is 3. The lowest BCUT2D eigenvalue weighted by atomic mass is 9.83. The summed E-state index contributed by atoms with van der Waals surface area (Å²) in [6, 6.07) is 5.13. The van der Waals surface area contributed by atoms with E-state index in [0.29, 0.717) is 24.9 Å². The van der Waals surface area contributed by atoms with Crippen molar-refractivity contribution < 1.29 is 24.3 Å². The highest BCUT2D eigenvalue weighted by Crippen LogP contribution is 2.25. The molecule has 7 nitrogen and oxygen atoms in total. The summed E-state index contributed by atoms with van der Waals surface area (Å²) in [4.78, 5) is 46.5. The predicted molar refractivity (Wildman–Crippen MR) is 86.6 cm³/mol. The van der Waals surface area contributed by atoms with Crippen LogP contribution in [0, 0.1) is 5.92 Å². The van der Waals surface area contributed by atoms with Crippen molar-refractivity contribution in [1.29, 1.82) is 0 Å². The molecule has 0 spiro atoms. The van der Waals surface area contributed by atoms with Crippen LogP contribution in [0.15, 0.2) is 24.3 Å². The molecule has 0 aliphatic heterocycles. The Morgan fingerprint density at radius 1 is 1.29 bits per heavy atom. The second-order valence-corrected chi connectivity index (χ2v) is 5.95. The third-order valence-corrected chi connectivity index (χ3v) is 3.99. The quantitative estimate of drug-likeness (QED) is 0.758. The number of benzene rings is 1. The van der Waals surface area contributed by atoms with E-state index in [2.05, 4.69) is 10.6 Å². The van der Waals surface area contributed by atoms with Crippen molar-refractivity contribution in [2.24, 2.45) is 5.92 Å². The van der Waals surface area contributed by atoms with Crippen LogP contribution in [0.25, 0.3) is 0 Å². The van der Waals surface area contributed by atoms with Crippen molar-refractivity contribution >= 4 is 29.3 Å². The average Bonchev–Trinajstić information content (AvgIpc) is 2.51. The number of aliphatic carboxylic acids is 1. The molecule has 0 radical (unpaired) electrons. The molecule has 3 N–H and O–H groups in total. The fourth-order valence-corrected chi connectivity index (χ4v) is 2.89. The van der Waals surface area contributed by atoms with Crippen LogP contribution in [-0.4, -0.2) is 34.7 Å². The molecule has 0 aromatic heterocycles. The van der Waals surface area contributed by atoms with Gasteiger partial charge >= 0.3 is 5.97 Å². The molecule has 0 saturated heterocycles. The molecule has 0 unspecified atom stereocenters. The minimum absolute atomic E-state index is 0.0272. The first-order valence-electron chi connectivity index (χ1n) is 7.80. The highest BCUT2D eigenvalue weighted by atomic mass is 16.4. The number of nitrogens with one attached hydrogen (secondary N) is 2. The molecular formula is C17H20N2O5. The van der Waals surface area contributed by atoms with Gasteiger partial charge in [0.1, 0.15) is 11.8 Å². The van der Waals surface area contributed by atoms with E-state index in [1.54, 1.807) is 12.1 Å². The maximum Gasteiger partial charge on any atom is 0.326 e. The summed E-state index contributed by atoms with van der Waals surface area (Å²) in [7, 11) is 0. The van der Waals surface area contributed by atoms with Crippen molar-refractivity contribution in [1.82, 2.24) is 5.32 Å². The van der Waals surface area contributed by atoms with Gasteiger partial charge in [-0.05, 0) is 37.0 Å². The number of hydrogen-bond acceptors (Lipinski definition) is 4. The van der Waals surface area contributed by atoms with E-state index in [9.17, 15) is 24.3 Å². The summed E-state index contributed by atoms with van der Waals surface area (Å²) < 4.78 is 0. The fraction of sp³-hybridized carbons (Fsp3) is 0.412. The van der Waals surface area contributed by atoms with Crippen molar-refractivity contribution in [3.8, 4) is 0 Å². The summed E-state index contributed by atoms with van der Waals surface area (Å²) in [5.74, 6) is -2.34. The molecule has 1 aliphatic carbocycles. The third-order valence-electron chi connectivity index (χ3n) is 3.99. The maximum atomic E-state index is 12.3. The van der Waals surface area contributed by atoms with Crippen molar-refractivity contribution in [2.75, 3.05) is 5.32 Å². The van der Waals surface area contributed by atoms with E-state index >= 15 is 0 Å². The van der Waals surface area contributed by atoms with Gasteiger partial charge in [0.25, 0.3) is 5.91 Å². The first-order chi connectivity index (χ1) is 11.4. The monoisotopic (exact) mass is 332 g/mol. The number of carbonyl (C=O) groups is 4. The average molecular weight is 332 g/mol. The maximum absolute atomic E-state index is 12.3. The Morgan fingerprint density at radius 2 is 2.04 bits per heavy atom. The summed E-state index contributed by atoms with van der Waals surface area (Å²) in [5.41, 5.74) is 0.699. The molecule has 2 amide bonds. The number of carbonyl (C=O) groups excluding carboxylic acids is 3. The second kappa shape index (κ2) is 7.72.